The molecule has 1 heterocycles. The van der Waals surface area contributed by atoms with Gasteiger partial charge in [-0.3, -0.25) is 14.8 Å². The van der Waals surface area contributed by atoms with Crippen LogP contribution in [-0.4, -0.2) is 23.0 Å². The Kier molecular flexibility index (Phi) is 4.17. The summed E-state index contributed by atoms with van der Waals surface area (Å²) in [6, 6.07) is -0.266. The van der Waals surface area contributed by atoms with Gasteiger partial charge in [-0.15, -0.1) is 0 Å². The van der Waals surface area contributed by atoms with Crippen LogP contribution in [0.2, 0.25) is 0 Å². The molecule has 0 bridgehead atoms. The third kappa shape index (κ3) is 3.28. The lowest BCUT2D eigenvalue weighted by molar-refractivity contribution is -0.140. The topological polar surface area (TPSA) is 78.1 Å². The summed E-state index contributed by atoms with van der Waals surface area (Å²) in [5.41, 5.74) is 7.43. The van der Waals surface area contributed by atoms with Crippen LogP contribution in [0.25, 0.3) is 0 Å². The van der Waals surface area contributed by atoms with E-state index in [1.165, 1.54) is 7.11 Å². The Labute approximate surface area is 88.7 Å². The molecule has 0 radical (unpaired) electrons. The second-order valence-corrected chi connectivity index (χ2v) is 3.25. The molecule has 5 heteroatoms. The first kappa shape index (κ1) is 11.6. The number of methoxy groups -OCH3 is 1. The Morgan fingerprint density at radius 1 is 1.53 bits per heavy atom. The summed E-state index contributed by atoms with van der Waals surface area (Å²) in [4.78, 5) is 19.1. The van der Waals surface area contributed by atoms with Gasteiger partial charge in [0.05, 0.1) is 18.5 Å². The van der Waals surface area contributed by atoms with Crippen LogP contribution in [-0.2, 0) is 9.53 Å². The molecule has 0 saturated heterocycles. The van der Waals surface area contributed by atoms with Crippen LogP contribution in [0.1, 0.15) is 30.3 Å². The van der Waals surface area contributed by atoms with Crippen LogP contribution < -0.4 is 5.73 Å². The van der Waals surface area contributed by atoms with Gasteiger partial charge in [0, 0.05) is 24.9 Å². The molecule has 0 amide bonds. The molecule has 1 unspecified atom stereocenters. The number of aromatic nitrogens is 2. The van der Waals surface area contributed by atoms with Gasteiger partial charge in [-0.25, -0.2) is 0 Å². The van der Waals surface area contributed by atoms with E-state index in [9.17, 15) is 4.79 Å². The zero-order valence-corrected chi connectivity index (χ0v) is 8.93. The summed E-state index contributed by atoms with van der Waals surface area (Å²) in [5, 5.41) is 0. The van der Waals surface area contributed by atoms with Crippen molar-refractivity contribution in [2.75, 3.05) is 7.11 Å². The number of ether oxygens (including phenoxy) is 1. The van der Waals surface area contributed by atoms with Gasteiger partial charge >= 0.3 is 5.97 Å². The van der Waals surface area contributed by atoms with Crippen molar-refractivity contribution >= 4 is 5.97 Å². The van der Waals surface area contributed by atoms with Crippen LogP contribution in [0, 0.1) is 6.92 Å². The highest BCUT2D eigenvalue weighted by Gasteiger charge is 2.12. The number of aryl methyl sites for hydroxylation is 1. The number of hydrogen-bond donors (Lipinski definition) is 1. The lowest BCUT2D eigenvalue weighted by Crippen LogP contribution is -2.16. The molecule has 5 nitrogen and oxygen atoms in total. The van der Waals surface area contributed by atoms with Gasteiger partial charge in [0.15, 0.2) is 0 Å². The minimum atomic E-state index is -0.266. The molecule has 0 aromatic carbocycles. The van der Waals surface area contributed by atoms with Gasteiger partial charge in [-0.2, -0.15) is 0 Å². The largest absolute Gasteiger partial charge is 0.469 e. The monoisotopic (exact) mass is 209 g/mol. The van der Waals surface area contributed by atoms with E-state index < -0.39 is 0 Å². The second-order valence-electron chi connectivity index (χ2n) is 3.25. The molecule has 2 N–H and O–H groups in total. The van der Waals surface area contributed by atoms with E-state index in [0.29, 0.717) is 12.8 Å². The summed E-state index contributed by atoms with van der Waals surface area (Å²) < 4.78 is 4.54. The number of hydrogen-bond acceptors (Lipinski definition) is 5. The summed E-state index contributed by atoms with van der Waals surface area (Å²) >= 11 is 0. The van der Waals surface area contributed by atoms with E-state index in [4.69, 9.17) is 5.73 Å². The summed E-state index contributed by atoms with van der Waals surface area (Å²) in [6.45, 7) is 1.85. The first-order chi connectivity index (χ1) is 7.15. The Bertz CT molecular complexity index is 341. The van der Waals surface area contributed by atoms with Gasteiger partial charge in [0.2, 0.25) is 0 Å². The maximum atomic E-state index is 10.9. The SMILES string of the molecule is COC(=O)CCC(N)c1nccnc1C. The molecule has 1 aromatic heterocycles. The van der Waals surface area contributed by atoms with Crippen molar-refractivity contribution in [1.29, 1.82) is 0 Å². The highest BCUT2D eigenvalue weighted by Crippen LogP contribution is 2.15. The molecule has 0 saturated carbocycles. The van der Waals surface area contributed by atoms with Crippen LogP contribution in [0.3, 0.4) is 0 Å². The summed E-state index contributed by atoms with van der Waals surface area (Å²) in [7, 11) is 1.36. The highest BCUT2D eigenvalue weighted by atomic mass is 16.5. The van der Waals surface area contributed by atoms with Gasteiger partial charge < -0.3 is 10.5 Å². The molecule has 1 aromatic rings. The van der Waals surface area contributed by atoms with Crippen LogP contribution in [0.15, 0.2) is 12.4 Å². The van der Waals surface area contributed by atoms with Gasteiger partial charge in [-0.05, 0) is 13.3 Å². The van der Waals surface area contributed by atoms with Crippen molar-refractivity contribution < 1.29 is 9.53 Å². The van der Waals surface area contributed by atoms with Crippen molar-refractivity contribution in [2.24, 2.45) is 5.73 Å². The van der Waals surface area contributed by atoms with E-state index in [2.05, 4.69) is 14.7 Å². The zero-order chi connectivity index (χ0) is 11.3. The lowest BCUT2D eigenvalue weighted by atomic mass is 10.1. The van der Waals surface area contributed by atoms with E-state index in [1.807, 2.05) is 6.92 Å². The van der Waals surface area contributed by atoms with Gasteiger partial charge in [0.25, 0.3) is 0 Å². The third-order valence-corrected chi connectivity index (χ3v) is 2.16. The van der Waals surface area contributed by atoms with E-state index in [0.717, 1.165) is 11.4 Å². The molecule has 1 atom stereocenters. The van der Waals surface area contributed by atoms with Crippen LogP contribution >= 0.6 is 0 Å². The van der Waals surface area contributed by atoms with E-state index in [-0.39, 0.29) is 12.0 Å². The maximum absolute atomic E-state index is 10.9. The van der Waals surface area contributed by atoms with Crippen molar-refractivity contribution in [3.63, 3.8) is 0 Å². The normalized spacial score (nSPS) is 12.2. The van der Waals surface area contributed by atoms with Gasteiger partial charge in [0.1, 0.15) is 0 Å². The number of rotatable bonds is 4. The first-order valence-corrected chi connectivity index (χ1v) is 4.75. The average Bonchev–Trinajstić information content (AvgIpc) is 2.26. The molecule has 1 rings (SSSR count). The predicted molar refractivity (Wildman–Crippen MR) is 54.9 cm³/mol. The zero-order valence-electron chi connectivity index (χ0n) is 8.93. The molecular formula is C10H15N3O2. The summed E-state index contributed by atoms with van der Waals surface area (Å²) in [6.07, 6.45) is 4.03. The predicted octanol–water partition coefficient (Wildman–Crippen LogP) is 0.738. The Hall–Kier alpha value is -1.49. The molecule has 0 spiro atoms. The first-order valence-electron chi connectivity index (χ1n) is 4.75. The average molecular weight is 209 g/mol. The molecular weight excluding hydrogens is 194 g/mol. The summed E-state index contributed by atoms with van der Waals surface area (Å²) in [5.74, 6) is -0.257. The van der Waals surface area contributed by atoms with E-state index >= 15 is 0 Å². The minimum absolute atomic E-state index is 0.257. The molecule has 0 aliphatic carbocycles. The second kappa shape index (κ2) is 5.41. The van der Waals surface area contributed by atoms with Crippen molar-refractivity contribution in [1.82, 2.24) is 9.97 Å². The van der Waals surface area contributed by atoms with Crippen molar-refractivity contribution in [2.45, 2.75) is 25.8 Å². The molecule has 0 aliphatic rings. The van der Waals surface area contributed by atoms with Crippen LogP contribution in [0.5, 0.6) is 0 Å². The maximum Gasteiger partial charge on any atom is 0.305 e. The quantitative estimate of drug-likeness (QED) is 0.740. The van der Waals surface area contributed by atoms with Crippen molar-refractivity contribution in [3.05, 3.63) is 23.8 Å². The Morgan fingerprint density at radius 2 is 2.20 bits per heavy atom. The number of carbonyl (C=O) groups excluding carboxylic acids is 1. The Balaban J connectivity index is 2.57. The molecule has 0 fully saturated rings. The number of nitrogens with zero attached hydrogens (tertiary/aromatic N) is 2. The fraction of sp³-hybridized carbons (Fsp3) is 0.500. The standard InChI is InChI=1S/C10H15N3O2/c1-7-10(13-6-5-12-7)8(11)3-4-9(14)15-2/h5-6,8H,3-4,11H2,1-2H3. The smallest absolute Gasteiger partial charge is 0.305 e. The minimum Gasteiger partial charge on any atom is -0.469 e. The molecule has 82 valence electrons. The molecule has 15 heavy (non-hydrogen) atoms. The van der Waals surface area contributed by atoms with E-state index in [1.54, 1.807) is 12.4 Å². The highest BCUT2D eigenvalue weighted by molar-refractivity contribution is 5.69. The fourth-order valence-corrected chi connectivity index (χ4v) is 1.29. The number of carbonyl (C=O) groups is 1. The Morgan fingerprint density at radius 3 is 2.80 bits per heavy atom. The number of esters is 1. The number of nitrogens with two attached hydrogens (primary N) is 1. The molecule has 0 aliphatic heterocycles. The lowest BCUT2D eigenvalue weighted by Gasteiger charge is -2.11. The van der Waals surface area contributed by atoms with Gasteiger partial charge in [-0.1, -0.05) is 0 Å². The third-order valence-electron chi connectivity index (χ3n) is 2.16. The van der Waals surface area contributed by atoms with Crippen molar-refractivity contribution in [3.8, 4) is 0 Å². The fourth-order valence-electron chi connectivity index (χ4n) is 1.29. The van der Waals surface area contributed by atoms with Crippen LogP contribution in [0.4, 0.5) is 0 Å².